The molecular weight excluding hydrogens is 276 g/mol. The highest BCUT2D eigenvalue weighted by molar-refractivity contribution is 5.82. The van der Waals surface area contributed by atoms with Gasteiger partial charge in [-0.1, -0.05) is 6.92 Å². The second-order valence-electron chi connectivity index (χ2n) is 4.59. The van der Waals surface area contributed by atoms with Crippen molar-refractivity contribution in [1.82, 2.24) is 19.9 Å². The topological polar surface area (TPSA) is 66.5 Å². The van der Waals surface area contributed by atoms with Gasteiger partial charge < -0.3 is 10.3 Å². The number of H-pyrrole nitrogens is 1. The molecule has 0 aliphatic heterocycles. The number of anilines is 1. The van der Waals surface area contributed by atoms with E-state index in [1.807, 2.05) is 6.92 Å². The van der Waals surface area contributed by atoms with Gasteiger partial charge in [-0.2, -0.15) is 0 Å². The Morgan fingerprint density at radius 3 is 2.90 bits per heavy atom. The number of hydrogen-bond acceptors (Lipinski definition) is 4. The second-order valence-corrected chi connectivity index (χ2v) is 4.59. The van der Waals surface area contributed by atoms with Crippen molar-refractivity contribution in [2.75, 3.05) is 5.32 Å². The third-order valence-corrected chi connectivity index (χ3v) is 3.28. The summed E-state index contributed by atoms with van der Waals surface area (Å²) in [7, 11) is 0. The van der Waals surface area contributed by atoms with Crippen molar-refractivity contribution in [3.63, 3.8) is 0 Å². The van der Waals surface area contributed by atoms with Crippen LogP contribution >= 0.6 is 0 Å². The molecule has 7 heteroatoms. The van der Waals surface area contributed by atoms with Crippen LogP contribution in [0.25, 0.3) is 11.2 Å². The molecule has 0 radical (unpaired) electrons. The number of fused-ring (bicyclic) bond motifs is 1. The van der Waals surface area contributed by atoms with E-state index in [4.69, 9.17) is 0 Å². The number of nitrogens with zero attached hydrogens (tertiary/aromatic N) is 3. The molecule has 21 heavy (non-hydrogen) atoms. The summed E-state index contributed by atoms with van der Waals surface area (Å²) in [4.78, 5) is 15.1. The van der Waals surface area contributed by atoms with Crippen molar-refractivity contribution in [3.05, 3.63) is 48.1 Å². The third kappa shape index (κ3) is 2.54. The maximum atomic E-state index is 13.9. The third-order valence-electron chi connectivity index (χ3n) is 3.28. The number of rotatable bonds is 4. The predicted octanol–water partition coefficient (Wildman–Crippen LogP) is 3.19. The molecule has 0 aliphatic rings. The maximum Gasteiger partial charge on any atom is 0.182 e. The summed E-state index contributed by atoms with van der Waals surface area (Å²) < 4.78 is 27.3. The molecule has 0 saturated carbocycles. The molecule has 0 aliphatic carbocycles. The summed E-state index contributed by atoms with van der Waals surface area (Å²) in [5.41, 5.74) is 1.42. The molecule has 3 aromatic rings. The SMILES string of the molecule is CCC(Nc1ncnc2nc[nH]c12)c1cc(F)ccc1F. The van der Waals surface area contributed by atoms with Crippen LogP contribution in [0.5, 0.6) is 0 Å². The lowest BCUT2D eigenvalue weighted by atomic mass is 10.0. The monoisotopic (exact) mass is 289 g/mol. The Bertz CT molecular complexity index is 771. The van der Waals surface area contributed by atoms with E-state index < -0.39 is 17.7 Å². The van der Waals surface area contributed by atoms with Crippen molar-refractivity contribution in [1.29, 1.82) is 0 Å². The van der Waals surface area contributed by atoms with Crippen molar-refractivity contribution in [2.24, 2.45) is 0 Å². The van der Waals surface area contributed by atoms with Crippen LogP contribution < -0.4 is 5.32 Å². The fourth-order valence-electron chi connectivity index (χ4n) is 2.22. The number of hydrogen-bond donors (Lipinski definition) is 2. The Balaban J connectivity index is 1.98. The summed E-state index contributed by atoms with van der Waals surface area (Å²) in [5, 5.41) is 3.11. The van der Waals surface area contributed by atoms with Gasteiger partial charge in [0.15, 0.2) is 11.5 Å². The van der Waals surface area contributed by atoms with Crippen LogP contribution in [-0.2, 0) is 0 Å². The first-order valence-corrected chi connectivity index (χ1v) is 6.54. The average Bonchev–Trinajstić information content (AvgIpc) is 2.97. The first-order valence-electron chi connectivity index (χ1n) is 6.54. The van der Waals surface area contributed by atoms with Crippen LogP contribution in [0.1, 0.15) is 24.9 Å². The van der Waals surface area contributed by atoms with E-state index in [2.05, 4.69) is 25.3 Å². The molecule has 1 atom stereocenters. The number of imidazole rings is 1. The van der Waals surface area contributed by atoms with Crippen LogP contribution in [0.15, 0.2) is 30.9 Å². The molecule has 3 rings (SSSR count). The molecular formula is C14H13F2N5. The summed E-state index contributed by atoms with van der Waals surface area (Å²) in [5.74, 6) is -0.417. The molecule has 0 fully saturated rings. The van der Waals surface area contributed by atoms with Crippen LogP contribution in [0, 0.1) is 11.6 Å². The molecule has 2 heterocycles. The highest BCUT2D eigenvalue weighted by atomic mass is 19.1. The first-order chi connectivity index (χ1) is 10.2. The molecule has 1 aromatic carbocycles. The maximum absolute atomic E-state index is 13.9. The van der Waals surface area contributed by atoms with Gasteiger partial charge in [0.05, 0.1) is 12.4 Å². The van der Waals surface area contributed by atoms with Crippen LogP contribution in [0.2, 0.25) is 0 Å². The first kappa shape index (κ1) is 13.4. The molecule has 1 unspecified atom stereocenters. The van der Waals surface area contributed by atoms with E-state index in [1.165, 1.54) is 18.7 Å². The highest BCUT2D eigenvalue weighted by Gasteiger charge is 2.17. The number of nitrogens with one attached hydrogen (secondary N) is 2. The van der Waals surface area contributed by atoms with E-state index in [9.17, 15) is 8.78 Å². The normalized spacial score (nSPS) is 12.5. The van der Waals surface area contributed by atoms with E-state index in [0.29, 0.717) is 23.4 Å². The minimum absolute atomic E-state index is 0.267. The van der Waals surface area contributed by atoms with Crippen molar-refractivity contribution in [3.8, 4) is 0 Å². The van der Waals surface area contributed by atoms with Crippen molar-refractivity contribution >= 4 is 17.0 Å². The Labute approximate surface area is 119 Å². The zero-order valence-corrected chi connectivity index (χ0v) is 11.3. The van der Waals surface area contributed by atoms with Crippen molar-refractivity contribution < 1.29 is 8.78 Å². The quantitative estimate of drug-likeness (QED) is 0.774. The van der Waals surface area contributed by atoms with Crippen LogP contribution in [-0.4, -0.2) is 19.9 Å². The van der Waals surface area contributed by atoms with Gasteiger partial charge in [-0.3, -0.25) is 0 Å². The van der Waals surface area contributed by atoms with Gasteiger partial charge in [-0.05, 0) is 24.6 Å². The van der Waals surface area contributed by atoms with Gasteiger partial charge in [0, 0.05) is 5.56 Å². The van der Waals surface area contributed by atoms with E-state index >= 15 is 0 Å². The van der Waals surface area contributed by atoms with E-state index in [-0.39, 0.29) is 5.56 Å². The van der Waals surface area contributed by atoms with Crippen molar-refractivity contribution in [2.45, 2.75) is 19.4 Å². The van der Waals surface area contributed by atoms with Gasteiger partial charge in [0.2, 0.25) is 0 Å². The van der Waals surface area contributed by atoms with Gasteiger partial charge >= 0.3 is 0 Å². The second kappa shape index (κ2) is 5.43. The van der Waals surface area contributed by atoms with Gasteiger partial charge in [-0.15, -0.1) is 0 Å². The zero-order valence-electron chi connectivity index (χ0n) is 11.3. The van der Waals surface area contributed by atoms with Crippen LogP contribution in [0.3, 0.4) is 0 Å². The molecule has 0 amide bonds. The number of benzene rings is 1. The number of aromatic amines is 1. The van der Waals surface area contributed by atoms with Crippen LogP contribution in [0.4, 0.5) is 14.6 Å². The summed E-state index contributed by atoms with van der Waals surface area (Å²) >= 11 is 0. The molecule has 108 valence electrons. The largest absolute Gasteiger partial charge is 0.361 e. The molecule has 2 N–H and O–H groups in total. The zero-order chi connectivity index (χ0) is 14.8. The van der Waals surface area contributed by atoms with E-state index in [1.54, 1.807) is 0 Å². The summed E-state index contributed by atoms with van der Waals surface area (Å²) in [6.45, 7) is 1.88. The molecule has 2 aromatic heterocycles. The molecule has 5 nitrogen and oxygen atoms in total. The minimum Gasteiger partial charge on any atom is -0.361 e. The standard InChI is InChI=1S/C14H13F2N5/c1-2-11(9-5-8(15)3-4-10(9)16)21-14-12-13(18-6-17-12)19-7-20-14/h3-7,11H,2H2,1H3,(H2,17,18,19,20,21). The minimum atomic E-state index is -0.471. The molecule has 0 bridgehead atoms. The smallest absolute Gasteiger partial charge is 0.182 e. The molecule has 0 saturated heterocycles. The fraction of sp³-hybridized carbons (Fsp3) is 0.214. The lowest BCUT2D eigenvalue weighted by Gasteiger charge is -2.18. The van der Waals surface area contributed by atoms with Gasteiger partial charge in [0.25, 0.3) is 0 Å². The number of halogens is 2. The summed E-state index contributed by atoms with van der Waals surface area (Å²) in [6, 6.07) is 3.02. The molecule has 0 spiro atoms. The lowest BCUT2D eigenvalue weighted by Crippen LogP contribution is -2.13. The number of aromatic nitrogens is 4. The van der Waals surface area contributed by atoms with Gasteiger partial charge in [-0.25, -0.2) is 23.7 Å². The Hall–Kier alpha value is -2.57. The Morgan fingerprint density at radius 2 is 2.10 bits per heavy atom. The Morgan fingerprint density at radius 1 is 1.24 bits per heavy atom. The summed E-state index contributed by atoms with van der Waals surface area (Å²) in [6.07, 6.45) is 3.45. The average molecular weight is 289 g/mol. The Kier molecular flexibility index (Phi) is 3.47. The highest BCUT2D eigenvalue weighted by Crippen LogP contribution is 2.26. The van der Waals surface area contributed by atoms with Gasteiger partial charge in [0.1, 0.15) is 23.5 Å². The predicted molar refractivity (Wildman–Crippen MR) is 74.7 cm³/mol. The van der Waals surface area contributed by atoms with E-state index in [0.717, 1.165) is 12.1 Å². The lowest BCUT2D eigenvalue weighted by molar-refractivity contribution is 0.566. The fourth-order valence-corrected chi connectivity index (χ4v) is 2.22.